The van der Waals surface area contributed by atoms with Gasteiger partial charge in [0.15, 0.2) is 43.5 Å². The van der Waals surface area contributed by atoms with Crippen molar-refractivity contribution in [1.82, 2.24) is 0 Å². The van der Waals surface area contributed by atoms with E-state index in [2.05, 4.69) is 12.5 Å². The summed E-state index contributed by atoms with van der Waals surface area (Å²) in [7, 11) is -16.3. The number of aliphatic hydroxyl groups excluding tert-OH is 7. The zero-order valence-corrected chi connectivity index (χ0v) is 31.5. The minimum atomic E-state index is -5.72. The Balaban J connectivity index is 1.65. The zero-order valence-electron chi connectivity index (χ0n) is 29.1. The van der Waals surface area contributed by atoms with Crippen LogP contribution < -0.4 is 11.5 Å². The van der Waals surface area contributed by atoms with E-state index in [1.54, 1.807) is 0 Å². The molecule has 35 heteroatoms. The molecule has 0 unspecified atom stereocenters. The summed E-state index contributed by atoms with van der Waals surface area (Å²) in [6.45, 7) is -2.66. The molecule has 0 amide bonds. The maximum atomic E-state index is 12.5. The fourth-order valence-corrected chi connectivity index (χ4v) is 7.18. The van der Waals surface area contributed by atoms with Crippen LogP contribution in [0.25, 0.3) is 0 Å². The number of carbonyl (C=O) groups is 2. The minimum absolute atomic E-state index is 1.28. The molecule has 16 N–H and O–H groups in total. The third kappa shape index (κ3) is 12.3. The lowest BCUT2D eigenvalue weighted by Gasteiger charge is -2.49. The van der Waals surface area contributed by atoms with Crippen molar-refractivity contribution in [2.24, 2.45) is 11.5 Å². The van der Waals surface area contributed by atoms with Crippen molar-refractivity contribution in [3.05, 3.63) is 0 Å². The van der Waals surface area contributed by atoms with Crippen LogP contribution in [0.3, 0.4) is 0 Å². The van der Waals surface area contributed by atoms with Crippen molar-refractivity contribution < 1.29 is 140 Å². The predicted molar refractivity (Wildman–Crippen MR) is 170 cm³/mol. The number of aliphatic hydroxyl groups is 7. The molecule has 20 atom stereocenters. The van der Waals surface area contributed by atoms with Crippen LogP contribution >= 0.6 is 0 Å². The molecule has 0 aromatic rings. The molecule has 344 valence electrons. The number of carboxylic acid groups (broad SMARTS) is 2. The first-order valence-corrected chi connectivity index (χ1v) is 20.3. The molecule has 0 bridgehead atoms. The summed E-state index contributed by atoms with van der Waals surface area (Å²) < 4.78 is 146. The molecule has 4 aliphatic heterocycles. The zero-order chi connectivity index (χ0) is 44.7. The standard InChI is InChI=1S/C24H40N2O30S3/c25-5-7(27)13(3(49-21(5)37)1-47-57(38,39)40)52-24-17(56-59(44,45)46)12(32)15(18(55-24)20(35)36)53-22-6(26)8(28)14(4(50-22)2-48-58(41,42)43)51-23-11(31)9(29)10(30)16(54-23)19(33)34/h3-18,21-24,27-32,37H,1-2,25-26H2,(H,33,34)(H,35,36)(H,38,39,40)(H,41,42,43)(H,44,45,46)/t3-,4-,5-,6-,7-,8-,9+,10+,11-,12+,13-,14-,15+,16+,17-,18-,21+,22-,23-,24-/m1/s1. The molecule has 4 heterocycles. The Hall–Kier alpha value is -2.09. The van der Waals surface area contributed by atoms with Gasteiger partial charge in [-0.15, -0.1) is 0 Å². The van der Waals surface area contributed by atoms with E-state index in [-0.39, 0.29) is 0 Å². The van der Waals surface area contributed by atoms with E-state index in [0.29, 0.717) is 0 Å². The topological polar surface area (TPSA) is 524 Å². The van der Waals surface area contributed by atoms with Gasteiger partial charge < -0.3 is 90.6 Å². The van der Waals surface area contributed by atoms with Crippen LogP contribution in [0.5, 0.6) is 0 Å². The molecule has 0 aliphatic carbocycles. The molecule has 4 aliphatic rings. The monoisotopic (exact) mass is 932 g/mol. The summed E-state index contributed by atoms with van der Waals surface area (Å²) in [5, 5.41) is 93.1. The Morgan fingerprint density at radius 3 is 1.44 bits per heavy atom. The molecule has 4 rings (SSSR count). The fraction of sp³-hybridized carbons (Fsp3) is 0.917. The molecule has 4 saturated heterocycles. The van der Waals surface area contributed by atoms with E-state index in [1.807, 2.05) is 0 Å². The van der Waals surface area contributed by atoms with Gasteiger partial charge in [-0.1, -0.05) is 0 Å². The maximum absolute atomic E-state index is 12.5. The van der Waals surface area contributed by atoms with Gasteiger partial charge in [0, 0.05) is 0 Å². The summed E-state index contributed by atoms with van der Waals surface area (Å²) >= 11 is 0. The van der Waals surface area contributed by atoms with Crippen molar-refractivity contribution in [2.75, 3.05) is 13.2 Å². The third-order valence-electron chi connectivity index (χ3n) is 8.91. The smallest absolute Gasteiger partial charge is 0.397 e. The van der Waals surface area contributed by atoms with Gasteiger partial charge in [0.25, 0.3) is 0 Å². The van der Waals surface area contributed by atoms with Crippen molar-refractivity contribution in [3.63, 3.8) is 0 Å². The van der Waals surface area contributed by atoms with Gasteiger partial charge in [0.2, 0.25) is 0 Å². The number of rotatable bonds is 16. The second-order valence-corrected chi connectivity index (χ2v) is 16.2. The molecule has 0 aromatic heterocycles. The van der Waals surface area contributed by atoms with Crippen LogP contribution in [0.4, 0.5) is 0 Å². The maximum Gasteiger partial charge on any atom is 0.397 e. The van der Waals surface area contributed by atoms with Gasteiger partial charge >= 0.3 is 43.1 Å². The first-order valence-electron chi connectivity index (χ1n) is 16.2. The number of hydrogen-bond donors (Lipinski definition) is 14. The molecule has 59 heavy (non-hydrogen) atoms. The van der Waals surface area contributed by atoms with Crippen LogP contribution in [-0.4, -0.2) is 233 Å². The van der Waals surface area contributed by atoms with E-state index in [1.165, 1.54) is 0 Å². The second-order valence-electron chi connectivity index (χ2n) is 12.9. The highest BCUT2D eigenvalue weighted by Crippen LogP contribution is 2.35. The van der Waals surface area contributed by atoms with Crippen molar-refractivity contribution in [1.29, 1.82) is 0 Å². The van der Waals surface area contributed by atoms with Gasteiger partial charge in [-0.25, -0.2) is 22.1 Å². The molecule has 0 radical (unpaired) electrons. The summed E-state index contributed by atoms with van der Waals surface area (Å²) in [6, 6.07) is -3.89. The van der Waals surface area contributed by atoms with Crippen LogP contribution in [0, 0.1) is 0 Å². The normalized spacial score (nSPS) is 43.9. The number of hydrogen-bond acceptors (Lipinski definition) is 27. The van der Waals surface area contributed by atoms with E-state index in [0.717, 1.165) is 0 Å². The van der Waals surface area contributed by atoms with Gasteiger partial charge in [-0.3, -0.25) is 13.7 Å². The Morgan fingerprint density at radius 2 is 0.949 bits per heavy atom. The Kier molecular flexibility index (Phi) is 16.1. The first-order chi connectivity index (χ1) is 27.0. The molecule has 0 spiro atoms. The molecular formula is C24H40N2O30S3. The fourth-order valence-electron chi connectivity index (χ4n) is 6.09. The van der Waals surface area contributed by atoms with E-state index in [9.17, 15) is 85.4 Å². The molecular weight excluding hydrogens is 892 g/mol. The number of carboxylic acids is 2. The van der Waals surface area contributed by atoms with E-state index in [4.69, 9.17) is 53.7 Å². The second kappa shape index (κ2) is 19.1. The van der Waals surface area contributed by atoms with Crippen molar-refractivity contribution in [3.8, 4) is 0 Å². The Bertz CT molecular complexity index is 1810. The highest BCUT2D eigenvalue weighted by atomic mass is 32.3. The summed E-state index contributed by atoms with van der Waals surface area (Å²) in [5.74, 6) is -3.97. The average molecular weight is 933 g/mol. The largest absolute Gasteiger partial charge is 0.479 e. The molecule has 4 fully saturated rings. The van der Waals surface area contributed by atoms with Crippen LogP contribution in [0.1, 0.15) is 0 Å². The number of ether oxygens (including phenoxy) is 7. The quantitative estimate of drug-likeness (QED) is 0.0639. The molecule has 0 aromatic carbocycles. The summed E-state index contributed by atoms with van der Waals surface area (Å²) in [6.07, 6.45) is -41.7. The van der Waals surface area contributed by atoms with Crippen molar-refractivity contribution in [2.45, 2.75) is 123 Å². The number of nitrogens with two attached hydrogens (primary N) is 2. The van der Waals surface area contributed by atoms with Gasteiger partial charge in [0.05, 0.1) is 25.3 Å². The van der Waals surface area contributed by atoms with Crippen molar-refractivity contribution >= 4 is 43.1 Å². The lowest BCUT2D eigenvalue weighted by molar-refractivity contribution is -0.367. The Morgan fingerprint density at radius 1 is 0.492 bits per heavy atom. The molecule has 32 nitrogen and oxygen atoms in total. The Labute approximate surface area is 330 Å². The molecule has 0 saturated carbocycles. The first kappa shape index (κ1) is 49.6. The lowest BCUT2D eigenvalue weighted by Crippen LogP contribution is -2.69. The van der Waals surface area contributed by atoms with Crippen LogP contribution in [0.15, 0.2) is 0 Å². The summed E-state index contributed by atoms with van der Waals surface area (Å²) in [5.41, 5.74) is 11.7. The SMILES string of the molecule is N[C@@H]1[C@@H](O)[C@H](O[C@@H]2O[C@@H](C(=O)O)[C@@H](O[C@H]3O[C@H](COS(=O)(=O)O)[C@@H](O[C@@H]4O[C@H](C(=O)O)[C@@H](O)[C@H](O)[C@H]4O)[C@H](O)[C@H]3N)[C@H](O)[C@H]2OS(=O)(=O)O)[C@@H](COS(=O)(=O)O)O[C@@H]1O. The predicted octanol–water partition coefficient (Wildman–Crippen LogP) is -10.2. The van der Waals surface area contributed by atoms with Gasteiger partial charge in [-0.05, 0) is 0 Å². The van der Waals surface area contributed by atoms with Crippen LogP contribution in [0.2, 0.25) is 0 Å². The van der Waals surface area contributed by atoms with Gasteiger partial charge in [-0.2, -0.15) is 25.3 Å². The van der Waals surface area contributed by atoms with E-state index < -0.39 is 179 Å². The highest BCUT2D eigenvalue weighted by Gasteiger charge is 2.58. The van der Waals surface area contributed by atoms with Gasteiger partial charge in [0.1, 0.15) is 67.1 Å². The highest BCUT2D eigenvalue weighted by molar-refractivity contribution is 7.81. The summed E-state index contributed by atoms with van der Waals surface area (Å²) in [4.78, 5) is 24.0. The average Bonchev–Trinajstić information content (AvgIpc) is 3.10. The van der Waals surface area contributed by atoms with Crippen LogP contribution in [-0.2, 0) is 86.5 Å². The minimum Gasteiger partial charge on any atom is -0.479 e. The number of aliphatic carboxylic acids is 2. The van der Waals surface area contributed by atoms with E-state index >= 15 is 0 Å². The third-order valence-corrected chi connectivity index (χ3v) is 10.2. The lowest BCUT2D eigenvalue weighted by atomic mass is 9.94.